The van der Waals surface area contributed by atoms with Crippen molar-refractivity contribution in [1.82, 2.24) is 14.9 Å². The largest absolute Gasteiger partial charge is 0.345 e. The van der Waals surface area contributed by atoms with Crippen molar-refractivity contribution < 1.29 is 4.79 Å². The Labute approximate surface area is 101 Å². The second kappa shape index (κ2) is 4.17. The lowest BCUT2D eigenvalue weighted by molar-refractivity contribution is 0.0860. The van der Waals surface area contributed by atoms with Gasteiger partial charge in [0.25, 0.3) is 5.91 Å². The minimum atomic E-state index is -0.0401. The van der Waals surface area contributed by atoms with Gasteiger partial charge in [0, 0.05) is 5.33 Å². The average molecular weight is 290 g/mol. The van der Waals surface area contributed by atoms with Gasteiger partial charge in [0.15, 0.2) is 0 Å². The average Bonchev–Trinajstić information content (AvgIpc) is 2.58. The number of nitrogens with one attached hydrogen (secondary N) is 1. The van der Waals surface area contributed by atoms with Gasteiger partial charge < -0.3 is 5.32 Å². The summed E-state index contributed by atoms with van der Waals surface area (Å²) in [6.45, 7) is 1.81. The van der Waals surface area contributed by atoms with Gasteiger partial charge in [-0.1, -0.05) is 20.4 Å². The van der Waals surface area contributed by atoms with Gasteiger partial charge in [0.1, 0.15) is 4.88 Å². The summed E-state index contributed by atoms with van der Waals surface area (Å²) in [7, 11) is 0. The van der Waals surface area contributed by atoms with Crippen molar-refractivity contribution >= 4 is 33.4 Å². The molecule has 0 radical (unpaired) electrons. The summed E-state index contributed by atoms with van der Waals surface area (Å²) in [5.41, 5.74) is 0.676. The second-order valence-electron chi connectivity index (χ2n) is 3.91. The fourth-order valence-corrected chi connectivity index (χ4v) is 2.89. The molecule has 0 aromatic carbocycles. The number of alkyl halides is 1. The van der Waals surface area contributed by atoms with Gasteiger partial charge in [-0.05, 0) is 37.7 Å². The summed E-state index contributed by atoms with van der Waals surface area (Å²) in [4.78, 5) is 12.5. The molecule has 0 unspecified atom stereocenters. The first kappa shape index (κ1) is 11.0. The van der Waals surface area contributed by atoms with Crippen LogP contribution in [0.5, 0.6) is 0 Å². The van der Waals surface area contributed by atoms with Crippen molar-refractivity contribution in [3.63, 3.8) is 0 Å². The lowest BCUT2D eigenvalue weighted by atomic mass is 9.78. The number of aromatic nitrogens is 2. The SMILES string of the molecule is Cc1nnsc1C(=O)NC1(CBr)CCC1. The quantitative estimate of drug-likeness (QED) is 0.865. The van der Waals surface area contributed by atoms with Crippen LogP contribution in [0.15, 0.2) is 0 Å². The number of carbonyl (C=O) groups excluding carboxylic acids is 1. The van der Waals surface area contributed by atoms with E-state index in [0.29, 0.717) is 10.6 Å². The van der Waals surface area contributed by atoms with Gasteiger partial charge in [-0.15, -0.1) is 5.10 Å². The van der Waals surface area contributed by atoms with E-state index >= 15 is 0 Å². The van der Waals surface area contributed by atoms with E-state index < -0.39 is 0 Å². The van der Waals surface area contributed by atoms with Crippen LogP contribution in [-0.2, 0) is 0 Å². The minimum Gasteiger partial charge on any atom is -0.345 e. The van der Waals surface area contributed by atoms with Gasteiger partial charge in [0.05, 0.1) is 11.2 Å². The van der Waals surface area contributed by atoms with Gasteiger partial charge >= 0.3 is 0 Å². The molecule has 15 heavy (non-hydrogen) atoms. The zero-order chi connectivity index (χ0) is 10.9. The van der Waals surface area contributed by atoms with E-state index in [-0.39, 0.29) is 11.4 Å². The topological polar surface area (TPSA) is 54.9 Å². The Morgan fingerprint density at radius 1 is 1.67 bits per heavy atom. The predicted molar refractivity (Wildman–Crippen MR) is 62.5 cm³/mol. The first-order chi connectivity index (χ1) is 7.17. The van der Waals surface area contributed by atoms with Crippen molar-refractivity contribution in [2.24, 2.45) is 0 Å². The van der Waals surface area contributed by atoms with E-state index in [0.717, 1.165) is 29.7 Å². The molecule has 1 aromatic heterocycles. The summed E-state index contributed by atoms with van der Waals surface area (Å²) in [5, 5.41) is 7.72. The van der Waals surface area contributed by atoms with Gasteiger partial charge in [0.2, 0.25) is 0 Å². The number of amides is 1. The highest BCUT2D eigenvalue weighted by atomic mass is 79.9. The maximum Gasteiger partial charge on any atom is 0.265 e. The third kappa shape index (κ3) is 2.06. The van der Waals surface area contributed by atoms with Gasteiger partial charge in [-0.2, -0.15) is 0 Å². The Morgan fingerprint density at radius 2 is 2.40 bits per heavy atom. The van der Waals surface area contributed by atoms with Crippen LogP contribution in [0.3, 0.4) is 0 Å². The van der Waals surface area contributed by atoms with E-state index in [4.69, 9.17) is 0 Å². The highest BCUT2D eigenvalue weighted by molar-refractivity contribution is 9.09. The molecule has 1 fully saturated rings. The van der Waals surface area contributed by atoms with Crippen LogP contribution in [0.25, 0.3) is 0 Å². The fourth-order valence-electron chi connectivity index (χ4n) is 1.63. The lowest BCUT2D eigenvalue weighted by Gasteiger charge is -2.41. The molecule has 1 amide bonds. The Morgan fingerprint density at radius 3 is 2.80 bits per heavy atom. The van der Waals surface area contributed by atoms with Gasteiger partial charge in [-0.3, -0.25) is 4.79 Å². The summed E-state index contributed by atoms with van der Waals surface area (Å²) in [6, 6.07) is 0. The number of hydrogen-bond acceptors (Lipinski definition) is 4. The summed E-state index contributed by atoms with van der Waals surface area (Å²) < 4.78 is 3.76. The van der Waals surface area contributed by atoms with Crippen molar-refractivity contribution in [2.45, 2.75) is 31.7 Å². The maximum atomic E-state index is 11.9. The second-order valence-corrected chi connectivity index (χ2v) is 5.22. The van der Waals surface area contributed by atoms with E-state index in [1.165, 1.54) is 6.42 Å². The third-order valence-corrected chi connectivity index (χ3v) is 4.70. The van der Waals surface area contributed by atoms with E-state index in [1.807, 2.05) is 0 Å². The zero-order valence-electron chi connectivity index (χ0n) is 8.42. The van der Waals surface area contributed by atoms with E-state index in [1.54, 1.807) is 6.92 Å². The number of halogens is 1. The highest BCUT2D eigenvalue weighted by Gasteiger charge is 2.37. The number of hydrogen-bond donors (Lipinski definition) is 1. The van der Waals surface area contributed by atoms with Crippen molar-refractivity contribution in [3.05, 3.63) is 10.6 Å². The highest BCUT2D eigenvalue weighted by Crippen LogP contribution is 2.33. The molecule has 0 atom stereocenters. The number of aryl methyl sites for hydroxylation is 1. The minimum absolute atomic E-state index is 0.0342. The molecule has 1 saturated carbocycles. The van der Waals surface area contributed by atoms with Crippen LogP contribution in [0, 0.1) is 6.92 Å². The monoisotopic (exact) mass is 289 g/mol. The summed E-state index contributed by atoms with van der Waals surface area (Å²) in [5.74, 6) is -0.0401. The molecule has 0 spiro atoms. The molecular weight excluding hydrogens is 278 g/mol. The molecule has 0 saturated heterocycles. The van der Waals surface area contributed by atoms with Crippen LogP contribution in [-0.4, -0.2) is 26.4 Å². The molecule has 2 rings (SSSR count). The predicted octanol–water partition coefficient (Wildman–Crippen LogP) is 1.89. The van der Waals surface area contributed by atoms with Crippen molar-refractivity contribution in [3.8, 4) is 0 Å². The molecule has 0 aliphatic heterocycles. The Balaban J connectivity index is 2.07. The van der Waals surface area contributed by atoms with Gasteiger partial charge in [-0.25, -0.2) is 0 Å². The fraction of sp³-hybridized carbons (Fsp3) is 0.667. The van der Waals surface area contributed by atoms with Crippen LogP contribution >= 0.6 is 27.5 Å². The molecule has 1 heterocycles. The molecule has 1 aliphatic carbocycles. The first-order valence-electron chi connectivity index (χ1n) is 4.84. The van der Waals surface area contributed by atoms with E-state index in [2.05, 4.69) is 30.8 Å². The standard InChI is InChI=1S/C9H12BrN3OS/c1-6-7(15-13-12-6)8(14)11-9(5-10)3-2-4-9/h2-5H2,1H3,(H,11,14). The first-order valence-corrected chi connectivity index (χ1v) is 6.74. The molecule has 82 valence electrons. The Kier molecular flexibility index (Phi) is 3.06. The van der Waals surface area contributed by atoms with Crippen LogP contribution in [0.1, 0.15) is 34.6 Å². The number of rotatable bonds is 3. The smallest absolute Gasteiger partial charge is 0.265 e. The molecule has 1 aliphatic rings. The molecule has 6 heteroatoms. The maximum absolute atomic E-state index is 11.9. The van der Waals surface area contributed by atoms with Crippen LogP contribution < -0.4 is 5.32 Å². The molecule has 1 N–H and O–H groups in total. The van der Waals surface area contributed by atoms with Crippen LogP contribution in [0.4, 0.5) is 0 Å². The third-order valence-electron chi connectivity index (χ3n) is 2.80. The molecule has 4 nitrogen and oxygen atoms in total. The molecule has 0 bridgehead atoms. The van der Waals surface area contributed by atoms with E-state index in [9.17, 15) is 4.79 Å². The molecule has 1 aromatic rings. The lowest BCUT2D eigenvalue weighted by Crippen LogP contribution is -2.54. The Hall–Kier alpha value is -0.490. The molecular formula is C9H12BrN3OS. The van der Waals surface area contributed by atoms with Crippen molar-refractivity contribution in [2.75, 3.05) is 5.33 Å². The van der Waals surface area contributed by atoms with Crippen LogP contribution in [0.2, 0.25) is 0 Å². The zero-order valence-corrected chi connectivity index (χ0v) is 10.8. The summed E-state index contributed by atoms with van der Waals surface area (Å²) in [6.07, 6.45) is 3.29. The van der Waals surface area contributed by atoms with Crippen molar-refractivity contribution in [1.29, 1.82) is 0 Å². The Bertz CT molecular complexity index is 370. The number of carbonyl (C=O) groups is 1. The summed E-state index contributed by atoms with van der Waals surface area (Å²) >= 11 is 4.61. The normalized spacial score (nSPS) is 18.3. The number of nitrogens with zero attached hydrogens (tertiary/aromatic N) is 2.